The van der Waals surface area contributed by atoms with Crippen LogP contribution in [0.2, 0.25) is 0 Å². The Bertz CT molecular complexity index is 921. The predicted octanol–water partition coefficient (Wildman–Crippen LogP) is 6.74. The minimum Gasteiger partial charge on any atom is -0.489 e. The molecule has 0 fully saturated rings. The van der Waals surface area contributed by atoms with Gasteiger partial charge in [-0.1, -0.05) is 48.2 Å². The van der Waals surface area contributed by atoms with E-state index in [1.807, 2.05) is 37.4 Å². The van der Waals surface area contributed by atoms with Crippen molar-refractivity contribution in [3.8, 4) is 17.6 Å². The third-order valence-electron chi connectivity index (χ3n) is 4.13. The third-order valence-corrected chi connectivity index (χ3v) is 4.13. The first kappa shape index (κ1) is 26.6. The topological polar surface area (TPSA) is 12.5 Å². The smallest absolute Gasteiger partial charge is 0.416 e. The highest BCUT2D eigenvalue weighted by Gasteiger charge is 2.32. The lowest BCUT2D eigenvalue weighted by Gasteiger charge is -2.16. The summed E-state index contributed by atoms with van der Waals surface area (Å²) in [5.74, 6) is 6.74. The summed E-state index contributed by atoms with van der Waals surface area (Å²) in [6.45, 7) is 7.49. The lowest BCUT2D eigenvalue weighted by atomic mass is 9.98. The fourth-order valence-corrected chi connectivity index (χ4v) is 2.74. The van der Waals surface area contributed by atoms with Gasteiger partial charge in [-0.05, 0) is 57.7 Å². The summed E-state index contributed by atoms with van der Waals surface area (Å²) in [6, 6.07) is 12.9. The van der Waals surface area contributed by atoms with E-state index < -0.39 is 11.7 Å². The second-order valence-corrected chi connectivity index (χ2v) is 8.21. The van der Waals surface area contributed by atoms with Gasteiger partial charge in [0.15, 0.2) is 0 Å². The third kappa shape index (κ3) is 9.95. The van der Waals surface area contributed by atoms with Crippen LogP contribution in [0.4, 0.5) is 13.2 Å². The molecule has 0 aliphatic heterocycles. The zero-order valence-electron chi connectivity index (χ0n) is 18.3. The summed E-state index contributed by atoms with van der Waals surface area (Å²) in [5.41, 5.74) is 0.460. The van der Waals surface area contributed by atoms with Gasteiger partial charge in [0.1, 0.15) is 12.4 Å². The number of nitrogens with zero attached hydrogens (tertiary/aromatic N) is 1. The maximum absolute atomic E-state index is 13.1. The standard InChI is InChI=1S/C25H28F3NO.ClH/c1-24(2,3)15-8-5-9-16-29(4)18-20-11-10-13-22(17-20)30-19-21-12-6-7-14-23(21)25(26,27)28;/h5-7,9-14,17H,16,18-19H2,1-4H3;1H/b9-5+;. The summed E-state index contributed by atoms with van der Waals surface area (Å²) in [7, 11) is 1.99. The van der Waals surface area contributed by atoms with Crippen molar-refractivity contribution in [1.29, 1.82) is 0 Å². The SMILES string of the molecule is CN(C/C=C/C#CC(C)(C)C)Cc1cccc(OCc2ccccc2C(F)(F)F)c1.Cl. The molecule has 0 unspecified atom stereocenters. The minimum absolute atomic E-state index is 0. The number of benzene rings is 2. The number of halogens is 4. The Balaban J connectivity index is 0.00000480. The van der Waals surface area contributed by atoms with E-state index in [4.69, 9.17) is 4.74 Å². The molecule has 0 radical (unpaired) electrons. The van der Waals surface area contributed by atoms with Crippen molar-refractivity contribution < 1.29 is 17.9 Å². The molecule has 0 aromatic heterocycles. The van der Waals surface area contributed by atoms with Gasteiger partial charge in [0.05, 0.1) is 5.56 Å². The van der Waals surface area contributed by atoms with Gasteiger partial charge in [-0.25, -0.2) is 0 Å². The molecule has 0 aliphatic rings. The molecule has 0 saturated carbocycles. The molecule has 2 aromatic rings. The Hall–Kier alpha value is -2.42. The molecule has 0 atom stereocenters. The Morgan fingerprint density at radius 1 is 1.03 bits per heavy atom. The molecule has 2 aromatic carbocycles. The van der Waals surface area contributed by atoms with Gasteiger partial charge in [-0.15, -0.1) is 12.4 Å². The number of hydrogen-bond donors (Lipinski definition) is 0. The van der Waals surface area contributed by atoms with Crippen molar-refractivity contribution >= 4 is 12.4 Å². The number of alkyl halides is 3. The van der Waals surface area contributed by atoms with Crippen molar-refractivity contribution in [2.75, 3.05) is 13.6 Å². The molecule has 0 N–H and O–H groups in total. The Morgan fingerprint density at radius 2 is 1.74 bits per heavy atom. The van der Waals surface area contributed by atoms with Gasteiger partial charge >= 0.3 is 6.18 Å². The van der Waals surface area contributed by atoms with Crippen LogP contribution >= 0.6 is 12.4 Å². The van der Waals surface area contributed by atoms with Crippen LogP contribution < -0.4 is 4.74 Å². The van der Waals surface area contributed by atoms with Gasteiger partial charge in [0.2, 0.25) is 0 Å². The van der Waals surface area contributed by atoms with Gasteiger partial charge in [0.25, 0.3) is 0 Å². The highest BCUT2D eigenvalue weighted by Crippen LogP contribution is 2.32. The monoisotopic (exact) mass is 451 g/mol. The number of allylic oxidation sites excluding steroid dienone is 1. The van der Waals surface area contributed by atoms with Crippen molar-refractivity contribution in [1.82, 2.24) is 4.90 Å². The summed E-state index contributed by atoms with van der Waals surface area (Å²) in [6.07, 6.45) is -0.526. The van der Waals surface area contributed by atoms with Crippen LogP contribution in [0.25, 0.3) is 0 Å². The van der Waals surface area contributed by atoms with Crippen LogP contribution in [0.5, 0.6) is 5.75 Å². The van der Waals surface area contributed by atoms with Crippen molar-refractivity contribution in [3.63, 3.8) is 0 Å². The maximum atomic E-state index is 13.1. The molecule has 0 heterocycles. The van der Waals surface area contributed by atoms with Crippen LogP contribution in [0.3, 0.4) is 0 Å². The fraction of sp³-hybridized carbons (Fsp3) is 0.360. The van der Waals surface area contributed by atoms with Crippen molar-refractivity contribution in [2.24, 2.45) is 5.41 Å². The molecular weight excluding hydrogens is 423 g/mol. The highest BCUT2D eigenvalue weighted by atomic mass is 35.5. The van der Waals surface area contributed by atoms with Crippen LogP contribution in [-0.4, -0.2) is 18.5 Å². The maximum Gasteiger partial charge on any atom is 0.416 e. The number of likely N-dealkylation sites (N-methyl/N-ethyl adjacent to an activating group) is 1. The predicted molar refractivity (Wildman–Crippen MR) is 122 cm³/mol. The molecule has 31 heavy (non-hydrogen) atoms. The molecular formula is C25H29ClF3NO. The van der Waals surface area contributed by atoms with Crippen LogP contribution in [-0.2, 0) is 19.3 Å². The number of ether oxygens (including phenoxy) is 1. The van der Waals surface area contributed by atoms with E-state index in [0.29, 0.717) is 12.3 Å². The Kier molecular flexibility index (Phi) is 10.2. The Morgan fingerprint density at radius 3 is 2.42 bits per heavy atom. The second kappa shape index (κ2) is 11.8. The molecule has 0 bridgehead atoms. The first-order valence-corrected chi connectivity index (χ1v) is 9.78. The van der Waals surface area contributed by atoms with Gasteiger partial charge in [0, 0.05) is 24.1 Å². The van der Waals surface area contributed by atoms with Crippen molar-refractivity contribution in [3.05, 3.63) is 77.4 Å². The zero-order valence-corrected chi connectivity index (χ0v) is 19.1. The van der Waals surface area contributed by atoms with Crippen molar-refractivity contribution in [2.45, 2.75) is 40.1 Å². The molecule has 0 saturated heterocycles. The molecule has 0 aliphatic carbocycles. The molecule has 2 nitrogen and oxygen atoms in total. The van der Waals surface area contributed by atoms with Gasteiger partial charge in [-0.2, -0.15) is 13.2 Å². The molecule has 2 rings (SSSR count). The summed E-state index contributed by atoms with van der Waals surface area (Å²) in [5, 5.41) is 0. The van der Waals surface area contributed by atoms with E-state index in [1.54, 1.807) is 12.1 Å². The van der Waals surface area contributed by atoms with E-state index >= 15 is 0 Å². The summed E-state index contributed by atoms with van der Waals surface area (Å²) in [4.78, 5) is 2.12. The quantitative estimate of drug-likeness (QED) is 0.432. The van der Waals surface area contributed by atoms with Gasteiger partial charge < -0.3 is 4.74 Å². The minimum atomic E-state index is -4.39. The summed E-state index contributed by atoms with van der Waals surface area (Å²) < 4.78 is 45.0. The van der Waals surface area contributed by atoms with E-state index in [9.17, 15) is 13.2 Å². The van der Waals surface area contributed by atoms with Crippen LogP contribution in [0.15, 0.2) is 60.7 Å². The van der Waals surface area contributed by atoms with Gasteiger partial charge in [-0.3, -0.25) is 4.90 Å². The lowest BCUT2D eigenvalue weighted by molar-refractivity contribution is -0.138. The Labute approximate surface area is 189 Å². The van der Waals surface area contributed by atoms with Crippen LogP contribution in [0, 0.1) is 17.3 Å². The largest absolute Gasteiger partial charge is 0.489 e. The summed E-state index contributed by atoms with van der Waals surface area (Å²) >= 11 is 0. The first-order valence-electron chi connectivity index (χ1n) is 9.78. The van der Waals surface area contributed by atoms with E-state index in [-0.39, 0.29) is 30.0 Å². The van der Waals surface area contributed by atoms with E-state index in [0.717, 1.165) is 18.2 Å². The zero-order chi connectivity index (χ0) is 22.2. The lowest BCUT2D eigenvalue weighted by Crippen LogP contribution is -2.17. The van der Waals surface area contributed by atoms with E-state index in [2.05, 4.69) is 37.5 Å². The highest BCUT2D eigenvalue weighted by molar-refractivity contribution is 5.85. The molecule has 0 amide bonds. The second-order valence-electron chi connectivity index (χ2n) is 8.21. The van der Waals surface area contributed by atoms with Crippen LogP contribution in [0.1, 0.15) is 37.5 Å². The van der Waals surface area contributed by atoms with E-state index in [1.165, 1.54) is 12.1 Å². The number of rotatable bonds is 7. The average Bonchev–Trinajstić information content (AvgIpc) is 2.65. The fourth-order valence-electron chi connectivity index (χ4n) is 2.74. The molecule has 6 heteroatoms. The molecule has 0 spiro atoms. The number of hydrogen-bond acceptors (Lipinski definition) is 2. The normalized spacial score (nSPS) is 11.7. The molecule has 168 valence electrons. The first-order chi connectivity index (χ1) is 14.0. The average molecular weight is 452 g/mol.